The lowest BCUT2D eigenvalue weighted by molar-refractivity contribution is -0.120. The molecule has 3 aromatic rings. The zero-order valence-electron chi connectivity index (χ0n) is 21.2. The number of rotatable bonds is 7. The molecule has 8 nitrogen and oxygen atoms in total. The van der Waals surface area contributed by atoms with Gasteiger partial charge in [0.2, 0.25) is 15.9 Å². The Balaban J connectivity index is 1.30. The number of carbonyl (C=O) groups is 1. The van der Waals surface area contributed by atoms with Gasteiger partial charge in [-0.25, -0.2) is 13.4 Å². The zero-order chi connectivity index (χ0) is 25.8. The summed E-state index contributed by atoms with van der Waals surface area (Å²) in [7, 11) is -3.49. The zero-order valence-corrected chi connectivity index (χ0v) is 22.0. The Bertz CT molecular complexity index is 1370. The van der Waals surface area contributed by atoms with Gasteiger partial charge in [0.05, 0.1) is 28.6 Å². The number of sulfonamides is 1. The van der Waals surface area contributed by atoms with E-state index in [2.05, 4.69) is 10.2 Å². The molecular formula is C28H34N4O4S. The Morgan fingerprint density at radius 3 is 2.65 bits per heavy atom. The maximum atomic E-state index is 13.1. The predicted molar refractivity (Wildman–Crippen MR) is 146 cm³/mol. The normalized spacial score (nSPS) is 19.1. The van der Waals surface area contributed by atoms with Gasteiger partial charge in [0.25, 0.3) is 0 Å². The molecule has 196 valence electrons. The molecule has 37 heavy (non-hydrogen) atoms. The highest BCUT2D eigenvalue weighted by Crippen LogP contribution is 2.29. The number of pyridine rings is 1. The van der Waals surface area contributed by atoms with Gasteiger partial charge in [-0.15, -0.1) is 0 Å². The molecule has 1 N–H and O–H groups in total. The van der Waals surface area contributed by atoms with Crippen molar-refractivity contribution < 1.29 is 17.9 Å². The first-order valence-corrected chi connectivity index (χ1v) is 14.6. The molecule has 1 aromatic heterocycles. The van der Waals surface area contributed by atoms with Crippen molar-refractivity contribution in [3.8, 4) is 5.75 Å². The van der Waals surface area contributed by atoms with Crippen molar-refractivity contribution in [3.63, 3.8) is 0 Å². The largest absolute Gasteiger partial charge is 0.492 e. The lowest BCUT2D eigenvalue weighted by Gasteiger charge is -2.33. The number of fused-ring (bicyclic) bond motifs is 1. The number of anilines is 2. The summed E-state index contributed by atoms with van der Waals surface area (Å²) in [4.78, 5) is 20.4. The number of piperidine rings is 2. The van der Waals surface area contributed by atoms with Gasteiger partial charge >= 0.3 is 0 Å². The van der Waals surface area contributed by atoms with Crippen molar-refractivity contribution >= 4 is 38.3 Å². The molecule has 2 aromatic carbocycles. The average Bonchev–Trinajstić information content (AvgIpc) is 2.94. The topological polar surface area (TPSA) is 91.8 Å². The van der Waals surface area contributed by atoms with Gasteiger partial charge in [0, 0.05) is 31.6 Å². The molecule has 2 fully saturated rings. The van der Waals surface area contributed by atoms with E-state index in [4.69, 9.17) is 9.72 Å². The number of benzene rings is 2. The fourth-order valence-electron chi connectivity index (χ4n) is 5.17. The lowest BCUT2D eigenvalue weighted by atomic mass is 9.97. The third-order valence-electron chi connectivity index (χ3n) is 7.16. The first-order valence-electron chi connectivity index (χ1n) is 13.1. The summed E-state index contributed by atoms with van der Waals surface area (Å²) >= 11 is 0. The van der Waals surface area contributed by atoms with Crippen molar-refractivity contribution in [2.75, 3.05) is 43.0 Å². The second-order valence-electron chi connectivity index (χ2n) is 9.69. The molecule has 0 saturated carbocycles. The van der Waals surface area contributed by atoms with E-state index < -0.39 is 10.0 Å². The van der Waals surface area contributed by atoms with Crippen molar-refractivity contribution in [2.45, 2.75) is 43.9 Å². The lowest BCUT2D eigenvalue weighted by Crippen LogP contribution is -2.41. The summed E-state index contributed by atoms with van der Waals surface area (Å²) in [5, 5.41) is 3.83. The Hall–Kier alpha value is -3.17. The van der Waals surface area contributed by atoms with E-state index in [1.165, 1.54) is 0 Å². The van der Waals surface area contributed by atoms with Crippen LogP contribution in [0.5, 0.6) is 5.75 Å². The molecule has 9 heteroatoms. The van der Waals surface area contributed by atoms with Crippen LogP contribution >= 0.6 is 0 Å². The van der Waals surface area contributed by atoms with Crippen LogP contribution in [0, 0.1) is 5.92 Å². The Morgan fingerprint density at radius 1 is 1.03 bits per heavy atom. The summed E-state index contributed by atoms with van der Waals surface area (Å²) in [5.41, 5.74) is 1.43. The third-order valence-corrected chi connectivity index (χ3v) is 9.05. The Morgan fingerprint density at radius 2 is 1.84 bits per heavy atom. The molecule has 0 aliphatic carbocycles. The van der Waals surface area contributed by atoms with Gasteiger partial charge in [-0.3, -0.25) is 4.79 Å². The van der Waals surface area contributed by atoms with Gasteiger partial charge in [0.15, 0.2) is 0 Å². The van der Waals surface area contributed by atoms with E-state index in [0.717, 1.165) is 55.4 Å². The highest BCUT2D eigenvalue weighted by molar-refractivity contribution is 7.89. The smallest absolute Gasteiger partial charge is 0.243 e. The van der Waals surface area contributed by atoms with E-state index in [0.29, 0.717) is 42.6 Å². The van der Waals surface area contributed by atoms with Crippen molar-refractivity contribution in [1.82, 2.24) is 9.29 Å². The molecule has 0 spiro atoms. The maximum Gasteiger partial charge on any atom is 0.243 e. The van der Waals surface area contributed by atoms with Crippen LogP contribution < -0.4 is 15.0 Å². The van der Waals surface area contributed by atoms with Gasteiger partial charge in [-0.1, -0.05) is 18.6 Å². The summed E-state index contributed by atoms with van der Waals surface area (Å²) in [6.45, 7) is 5.00. The van der Waals surface area contributed by atoms with Crippen molar-refractivity contribution in [2.24, 2.45) is 5.92 Å². The molecule has 3 heterocycles. The Labute approximate surface area is 218 Å². The number of carbonyl (C=O) groups excluding carboxylic acids is 1. The second-order valence-corrected chi connectivity index (χ2v) is 11.6. The van der Waals surface area contributed by atoms with Crippen LogP contribution in [-0.2, 0) is 14.8 Å². The molecule has 1 amide bonds. The summed E-state index contributed by atoms with van der Waals surface area (Å²) in [6.07, 6.45) is 4.59. The number of aromatic nitrogens is 1. The van der Waals surface area contributed by atoms with Crippen molar-refractivity contribution in [3.05, 3.63) is 54.6 Å². The van der Waals surface area contributed by atoms with Crippen LogP contribution in [0.3, 0.4) is 0 Å². The van der Waals surface area contributed by atoms with Gasteiger partial charge < -0.3 is 15.0 Å². The summed E-state index contributed by atoms with van der Waals surface area (Å²) < 4.78 is 33.4. The number of nitrogens with one attached hydrogen (secondary N) is 1. The number of nitrogens with zero attached hydrogens (tertiary/aromatic N) is 3. The van der Waals surface area contributed by atoms with Gasteiger partial charge in [-0.2, -0.15) is 4.31 Å². The molecule has 1 unspecified atom stereocenters. The van der Waals surface area contributed by atoms with E-state index in [-0.39, 0.29) is 11.8 Å². The highest BCUT2D eigenvalue weighted by Gasteiger charge is 2.28. The quantitative estimate of drug-likeness (QED) is 0.485. The SMILES string of the molecule is CCOc1ccccc1NC(=O)C1CCCN(c2ccc3cc(S(=O)(=O)N4CCCCC4)ccc3n2)C1. The molecule has 2 aliphatic heterocycles. The number of para-hydroxylation sites is 2. The minimum atomic E-state index is -3.49. The van der Waals surface area contributed by atoms with Crippen LogP contribution in [0.25, 0.3) is 10.9 Å². The van der Waals surface area contributed by atoms with Crippen LogP contribution in [0.1, 0.15) is 39.0 Å². The first kappa shape index (κ1) is 25.5. The van der Waals surface area contributed by atoms with Crippen LogP contribution in [0.2, 0.25) is 0 Å². The number of ether oxygens (including phenoxy) is 1. The van der Waals surface area contributed by atoms with Crippen LogP contribution in [0.15, 0.2) is 59.5 Å². The molecule has 5 rings (SSSR count). The first-order chi connectivity index (χ1) is 18.0. The summed E-state index contributed by atoms with van der Waals surface area (Å²) in [6, 6.07) is 16.5. The standard InChI is InChI=1S/C28H34N4O4S/c1-2-36-26-11-5-4-10-25(26)30-28(33)22-9-8-16-31(20-22)27-15-12-21-19-23(13-14-24(21)29-27)37(34,35)32-17-6-3-7-18-32/h4-5,10-15,19,22H,2-3,6-9,16-18,20H2,1H3,(H,30,33). The summed E-state index contributed by atoms with van der Waals surface area (Å²) in [5.74, 6) is 1.28. The minimum Gasteiger partial charge on any atom is -0.492 e. The van der Waals surface area contributed by atoms with Crippen molar-refractivity contribution in [1.29, 1.82) is 0 Å². The van der Waals surface area contributed by atoms with Gasteiger partial charge in [0.1, 0.15) is 11.6 Å². The fraction of sp³-hybridized carbons (Fsp3) is 0.429. The molecule has 2 aliphatic rings. The fourth-order valence-corrected chi connectivity index (χ4v) is 6.72. The number of amides is 1. The second kappa shape index (κ2) is 11.1. The van der Waals surface area contributed by atoms with Crippen LogP contribution in [0.4, 0.5) is 11.5 Å². The van der Waals surface area contributed by atoms with Crippen LogP contribution in [-0.4, -0.2) is 56.4 Å². The number of hydrogen-bond acceptors (Lipinski definition) is 6. The molecule has 1 atom stereocenters. The maximum absolute atomic E-state index is 13.1. The highest BCUT2D eigenvalue weighted by atomic mass is 32.2. The molecular weight excluding hydrogens is 488 g/mol. The van der Waals surface area contributed by atoms with E-state index in [9.17, 15) is 13.2 Å². The molecule has 0 radical (unpaired) electrons. The van der Waals surface area contributed by atoms with E-state index in [1.54, 1.807) is 22.5 Å². The van der Waals surface area contributed by atoms with E-state index >= 15 is 0 Å². The van der Waals surface area contributed by atoms with E-state index in [1.807, 2.05) is 43.3 Å². The predicted octanol–water partition coefficient (Wildman–Crippen LogP) is 4.66. The van der Waals surface area contributed by atoms with Gasteiger partial charge in [-0.05, 0) is 75.1 Å². The Kier molecular flexibility index (Phi) is 7.62. The molecule has 0 bridgehead atoms. The number of hydrogen-bond donors (Lipinski definition) is 1. The molecule has 2 saturated heterocycles. The minimum absolute atomic E-state index is 0.0230. The average molecular weight is 523 g/mol. The monoisotopic (exact) mass is 522 g/mol. The third kappa shape index (κ3) is 5.57.